The van der Waals surface area contributed by atoms with Gasteiger partial charge in [-0.1, -0.05) is 64.5 Å². The number of hydrazone groups is 1. The number of rotatable bonds is 5. The van der Waals surface area contributed by atoms with Crippen LogP contribution in [0.15, 0.2) is 76.3 Å². The van der Waals surface area contributed by atoms with E-state index in [4.69, 9.17) is 0 Å². The third-order valence-electron chi connectivity index (χ3n) is 3.79. The molecule has 0 bridgehead atoms. The zero-order valence-electron chi connectivity index (χ0n) is 13.7. The van der Waals surface area contributed by atoms with Gasteiger partial charge >= 0.3 is 0 Å². The van der Waals surface area contributed by atoms with Crippen LogP contribution in [0, 0.1) is 0 Å². The van der Waals surface area contributed by atoms with E-state index in [1.54, 1.807) is 6.21 Å². The molecule has 1 unspecified atom stereocenters. The lowest BCUT2D eigenvalue weighted by atomic mass is 10.1. The van der Waals surface area contributed by atoms with E-state index in [-0.39, 0.29) is 5.91 Å². The Balaban J connectivity index is 1.64. The van der Waals surface area contributed by atoms with Crippen molar-refractivity contribution in [1.82, 2.24) is 5.43 Å². The van der Waals surface area contributed by atoms with Crippen molar-refractivity contribution in [2.24, 2.45) is 5.10 Å². The van der Waals surface area contributed by atoms with Gasteiger partial charge in [-0.15, -0.1) is 0 Å². The average molecular weight is 396 g/mol. The Kier molecular flexibility index (Phi) is 5.46. The molecule has 3 rings (SSSR count). The van der Waals surface area contributed by atoms with Crippen molar-refractivity contribution in [2.75, 3.05) is 5.32 Å². The van der Waals surface area contributed by atoms with Crippen LogP contribution in [-0.2, 0) is 4.79 Å². The Labute approximate surface area is 155 Å². The lowest BCUT2D eigenvalue weighted by molar-refractivity contribution is -0.121. The maximum Gasteiger partial charge on any atom is 0.262 e. The van der Waals surface area contributed by atoms with Gasteiger partial charge in [0.05, 0.1) is 6.21 Å². The minimum Gasteiger partial charge on any atom is -0.373 e. The number of amides is 1. The summed E-state index contributed by atoms with van der Waals surface area (Å²) in [5.41, 5.74) is 4.41. The topological polar surface area (TPSA) is 53.5 Å². The number of carbonyl (C=O) groups is 1. The number of nitrogens with one attached hydrogen (secondary N) is 2. The van der Waals surface area contributed by atoms with E-state index < -0.39 is 6.04 Å². The van der Waals surface area contributed by atoms with Crippen molar-refractivity contribution < 1.29 is 4.79 Å². The maximum atomic E-state index is 12.2. The van der Waals surface area contributed by atoms with Gasteiger partial charge in [-0.05, 0) is 36.1 Å². The molecule has 0 radical (unpaired) electrons. The van der Waals surface area contributed by atoms with E-state index in [9.17, 15) is 4.79 Å². The van der Waals surface area contributed by atoms with Crippen LogP contribution in [0.1, 0.15) is 12.5 Å². The van der Waals surface area contributed by atoms with E-state index >= 15 is 0 Å². The molecule has 0 aromatic heterocycles. The highest BCUT2D eigenvalue weighted by Crippen LogP contribution is 2.23. The highest BCUT2D eigenvalue weighted by Gasteiger charge is 2.12. The summed E-state index contributed by atoms with van der Waals surface area (Å²) < 4.78 is 0.966. The van der Waals surface area contributed by atoms with Crippen LogP contribution >= 0.6 is 15.9 Å². The molecule has 4 nitrogen and oxygen atoms in total. The molecule has 0 aliphatic rings. The molecule has 0 heterocycles. The number of carbonyl (C=O) groups excluding carboxylic acids is 1. The number of nitrogens with zero attached hydrogens (tertiary/aromatic N) is 1. The number of benzene rings is 3. The summed E-state index contributed by atoms with van der Waals surface area (Å²) in [6, 6.07) is 21.3. The van der Waals surface area contributed by atoms with Crippen molar-refractivity contribution in [1.29, 1.82) is 0 Å². The monoisotopic (exact) mass is 395 g/mol. The Bertz CT molecular complexity index is 918. The van der Waals surface area contributed by atoms with Gasteiger partial charge in [-0.2, -0.15) is 5.10 Å². The molecule has 1 amide bonds. The fourth-order valence-electron chi connectivity index (χ4n) is 2.50. The molecule has 0 aliphatic carbocycles. The maximum absolute atomic E-state index is 12.2. The van der Waals surface area contributed by atoms with Gasteiger partial charge in [-0.3, -0.25) is 4.79 Å². The second-order valence-corrected chi connectivity index (χ2v) is 6.60. The second kappa shape index (κ2) is 7.94. The minimum atomic E-state index is -0.412. The van der Waals surface area contributed by atoms with Gasteiger partial charge in [0.15, 0.2) is 0 Å². The average Bonchev–Trinajstić information content (AvgIpc) is 2.62. The van der Waals surface area contributed by atoms with Crippen molar-refractivity contribution in [2.45, 2.75) is 13.0 Å². The Morgan fingerprint density at radius 1 is 1.08 bits per heavy atom. The second-order valence-electron chi connectivity index (χ2n) is 5.68. The van der Waals surface area contributed by atoms with Crippen LogP contribution in [0.3, 0.4) is 0 Å². The summed E-state index contributed by atoms with van der Waals surface area (Å²) in [5, 5.41) is 9.49. The van der Waals surface area contributed by atoms with Gasteiger partial charge in [-0.25, -0.2) is 5.43 Å². The number of fused-ring (bicyclic) bond motifs is 1. The lowest BCUT2D eigenvalue weighted by Crippen LogP contribution is -2.34. The molecule has 0 saturated heterocycles. The van der Waals surface area contributed by atoms with Crippen molar-refractivity contribution in [3.63, 3.8) is 0 Å². The van der Waals surface area contributed by atoms with E-state index in [0.29, 0.717) is 0 Å². The molecule has 3 aromatic rings. The first-order valence-corrected chi connectivity index (χ1v) is 8.75. The Hall–Kier alpha value is -2.66. The first-order valence-electron chi connectivity index (χ1n) is 7.96. The molecule has 3 aromatic carbocycles. The summed E-state index contributed by atoms with van der Waals surface area (Å²) >= 11 is 3.40. The normalized spacial score (nSPS) is 12.2. The molecule has 5 heteroatoms. The van der Waals surface area contributed by atoms with Crippen molar-refractivity contribution >= 4 is 44.5 Å². The van der Waals surface area contributed by atoms with Crippen molar-refractivity contribution in [3.05, 3.63) is 76.8 Å². The molecule has 1 atom stereocenters. The minimum absolute atomic E-state index is 0.195. The molecule has 2 N–H and O–H groups in total. The smallest absolute Gasteiger partial charge is 0.262 e. The summed E-state index contributed by atoms with van der Waals surface area (Å²) in [4.78, 5) is 12.2. The molecule has 0 saturated carbocycles. The predicted molar refractivity (Wildman–Crippen MR) is 107 cm³/mol. The number of hydrogen-bond acceptors (Lipinski definition) is 3. The fraction of sp³-hybridized carbons (Fsp3) is 0.100. The van der Waals surface area contributed by atoms with Gasteiger partial charge < -0.3 is 5.32 Å². The SMILES string of the molecule is CC(Nc1cccc2ccccc12)C(=O)N/N=C/c1cccc(Br)c1. The molecule has 0 spiro atoms. The van der Waals surface area contributed by atoms with Crippen molar-refractivity contribution in [3.8, 4) is 0 Å². The molecular formula is C20H18BrN3O. The zero-order valence-corrected chi connectivity index (χ0v) is 15.3. The standard InChI is InChI=1S/C20H18BrN3O/c1-14(20(25)24-22-13-15-6-4-9-17(21)12-15)23-19-11-5-8-16-7-2-3-10-18(16)19/h2-14,23H,1H3,(H,24,25)/b22-13+. The number of hydrogen-bond donors (Lipinski definition) is 2. The summed E-state index contributed by atoms with van der Waals surface area (Å²) in [7, 11) is 0. The van der Waals surface area contributed by atoms with E-state index in [1.807, 2.05) is 73.7 Å². The van der Waals surface area contributed by atoms with Crippen LogP contribution in [0.4, 0.5) is 5.69 Å². The van der Waals surface area contributed by atoms with Crippen LogP contribution < -0.4 is 10.7 Å². The van der Waals surface area contributed by atoms with Crippen LogP contribution in [0.25, 0.3) is 10.8 Å². The fourth-order valence-corrected chi connectivity index (χ4v) is 2.92. The quantitative estimate of drug-likeness (QED) is 0.491. The first-order chi connectivity index (χ1) is 12.1. The molecule has 0 aliphatic heterocycles. The molecular weight excluding hydrogens is 378 g/mol. The van der Waals surface area contributed by atoms with Gasteiger partial charge in [0, 0.05) is 15.5 Å². The number of anilines is 1. The van der Waals surface area contributed by atoms with E-state index in [0.717, 1.165) is 26.5 Å². The zero-order chi connectivity index (χ0) is 17.6. The largest absolute Gasteiger partial charge is 0.373 e. The summed E-state index contributed by atoms with van der Waals surface area (Å²) in [6.45, 7) is 1.81. The third-order valence-corrected chi connectivity index (χ3v) is 4.29. The van der Waals surface area contributed by atoms with Crippen LogP contribution in [0.5, 0.6) is 0 Å². The molecule has 0 fully saturated rings. The number of halogens is 1. The van der Waals surface area contributed by atoms with Crippen LogP contribution in [0.2, 0.25) is 0 Å². The van der Waals surface area contributed by atoms with Crippen LogP contribution in [-0.4, -0.2) is 18.2 Å². The van der Waals surface area contributed by atoms with Gasteiger partial charge in [0.25, 0.3) is 5.91 Å². The van der Waals surface area contributed by atoms with Gasteiger partial charge in [0.1, 0.15) is 6.04 Å². The Morgan fingerprint density at radius 3 is 2.68 bits per heavy atom. The summed E-state index contributed by atoms with van der Waals surface area (Å²) in [6.07, 6.45) is 1.62. The Morgan fingerprint density at radius 2 is 1.84 bits per heavy atom. The van der Waals surface area contributed by atoms with Gasteiger partial charge in [0.2, 0.25) is 0 Å². The first kappa shape index (κ1) is 17.2. The molecule has 126 valence electrons. The molecule has 25 heavy (non-hydrogen) atoms. The van der Waals surface area contributed by atoms with E-state index in [1.165, 1.54) is 0 Å². The summed E-state index contributed by atoms with van der Waals surface area (Å²) in [5.74, 6) is -0.195. The lowest BCUT2D eigenvalue weighted by Gasteiger charge is -2.15. The third kappa shape index (κ3) is 4.45. The van der Waals surface area contributed by atoms with E-state index in [2.05, 4.69) is 31.8 Å². The highest BCUT2D eigenvalue weighted by molar-refractivity contribution is 9.10. The highest BCUT2D eigenvalue weighted by atomic mass is 79.9. The predicted octanol–water partition coefficient (Wildman–Crippen LogP) is 4.55.